The molecule has 2 heterocycles. The summed E-state index contributed by atoms with van der Waals surface area (Å²) < 4.78 is 7.57. The molecule has 7 nitrogen and oxygen atoms in total. The van der Waals surface area contributed by atoms with Crippen LogP contribution in [0.25, 0.3) is 16.9 Å². The Labute approximate surface area is 178 Å². The fourth-order valence-corrected chi connectivity index (χ4v) is 3.65. The number of hydrogen-bond acceptors (Lipinski definition) is 5. The molecule has 3 N–H and O–H groups in total. The highest BCUT2D eigenvalue weighted by molar-refractivity contribution is 6.07. The molecule has 1 aliphatic heterocycles. The highest BCUT2D eigenvalue weighted by Crippen LogP contribution is 2.37. The number of carbonyl (C=O) groups excluding carboxylic acids is 1. The van der Waals surface area contributed by atoms with Gasteiger partial charge < -0.3 is 15.8 Å². The fraction of sp³-hybridized carbons (Fsp3) is 0.0417. The lowest BCUT2D eigenvalue weighted by molar-refractivity contribution is 0.100. The summed E-state index contributed by atoms with van der Waals surface area (Å²) in [5.41, 5.74) is 10.1. The predicted molar refractivity (Wildman–Crippen MR) is 121 cm³/mol. The molecule has 4 aromatic rings. The van der Waals surface area contributed by atoms with E-state index in [1.54, 1.807) is 4.68 Å². The van der Waals surface area contributed by atoms with Crippen molar-refractivity contribution in [3.05, 3.63) is 83.9 Å². The Bertz CT molecular complexity index is 1290. The predicted octanol–water partition coefficient (Wildman–Crippen LogP) is 4.68. The van der Waals surface area contributed by atoms with Crippen LogP contribution in [-0.2, 0) is 6.54 Å². The monoisotopic (exact) mass is 409 g/mol. The molecule has 0 atom stereocenters. The molecule has 1 amide bonds. The van der Waals surface area contributed by atoms with E-state index in [0.717, 1.165) is 22.6 Å². The van der Waals surface area contributed by atoms with E-state index in [0.29, 0.717) is 35.1 Å². The van der Waals surface area contributed by atoms with Crippen molar-refractivity contribution in [2.24, 2.45) is 4.99 Å². The molecule has 0 radical (unpaired) electrons. The molecule has 0 bridgehead atoms. The van der Waals surface area contributed by atoms with Crippen molar-refractivity contribution in [1.29, 1.82) is 0 Å². The molecule has 152 valence electrons. The van der Waals surface area contributed by atoms with Gasteiger partial charge in [-0.15, -0.1) is 0 Å². The van der Waals surface area contributed by atoms with Crippen molar-refractivity contribution >= 4 is 24.1 Å². The third kappa shape index (κ3) is 3.32. The summed E-state index contributed by atoms with van der Waals surface area (Å²) in [4.78, 5) is 16.3. The van der Waals surface area contributed by atoms with Crippen LogP contribution in [0, 0.1) is 0 Å². The number of benzene rings is 3. The smallest absolute Gasteiger partial charge is 0.282 e. The van der Waals surface area contributed by atoms with E-state index in [4.69, 9.17) is 15.6 Å². The molecule has 0 aliphatic carbocycles. The highest BCUT2D eigenvalue weighted by Gasteiger charge is 2.28. The van der Waals surface area contributed by atoms with Gasteiger partial charge in [0.25, 0.3) is 5.91 Å². The highest BCUT2D eigenvalue weighted by atomic mass is 16.5. The normalized spacial score (nSPS) is 11.7. The van der Waals surface area contributed by atoms with Crippen molar-refractivity contribution < 1.29 is 9.53 Å². The van der Waals surface area contributed by atoms with Gasteiger partial charge in [-0.25, -0.2) is 9.67 Å². The number of para-hydroxylation sites is 1. The Kier molecular flexibility index (Phi) is 4.48. The summed E-state index contributed by atoms with van der Waals surface area (Å²) in [6.07, 6.45) is 0. The van der Waals surface area contributed by atoms with Crippen molar-refractivity contribution in [3.8, 4) is 28.4 Å². The third-order valence-electron chi connectivity index (χ3n) is 5.13. The molecule has 0 saturated carbocycles. The summed E-state index contributed by atoms with van der Waals surface area (Å²) in [5, 5.41) is 8.02. The largest absolute Gasteiger partial charge is 0.457 e. The standard InChI is InChI=1S/C24H19N5O2/c1-26-24(30)21-22(15-8-11-19(12-9-15)31-18-5-3-2-4-6-18)28-29-20-13-17(25)10-7-16(20)14-27-23(21)29/h2-13,27H,1,14,25H2. The SMILES string of the molecule is C=NC(=O)c1c(-c2ccc(Oc3ccccc3)cc2)nn2c1NCc1ccc(N)cc1-2. The van der Waals surface area contributed by atoms with E-state index in [-0.39, 0.29) is 0 Å². The lowest BCUT2D eigenvalue weighted by Gasteiger charge is -2.20. The third-order valence-corrected chi connectivity index (χ3v) is 5.13. The van der Waals surface area contributed by atoms with Gasteiger partial charge >= 0.3 is 0 Å². The molecule has 0 fully saturated rings. The van der Waals surface area contributed by atoms with Crippen LogP contribution in [0.3, 0.4) is 0 Å². The Morgan fingerprint density at radius 3 is 2.55 bits per heavy atom. The number of nitrogens with one attached hydrogen (secondary N) is 1. The Hall–Kier alpha value is -4.39. The topological polar surface area (TPSA) is 94.5 Å². The number of hydrogen-bond donors (Lipinski definition) is 2. The quantitative estimate of drug-likeness (QED) is 0.377. The minimum Gasteiger partial charge on any atom is -0.457 e. The summed E-state index contributed by atoms with van der Waals surface area (Å²) in [7, 11) is 0. The maximum absolute atomic E-state index is 12.7. The molecule has 0 saturated heterocycles. The zero-order valence-corrected chi connectivity index (χ0v) is 16.6. The van der Waals surface area contributed by atoms with E-state index >= 15 is 0 Å². The van der Waals surface area contributed by atoms with Gasteiger partial charge in [-0.2, -0.15) is 5.10 Å². The molecular weight excluding hydrogens is 390 g/mol. The van der Waals surface area contributed by atoms with Crippen LogP contribution in [-0.4, -0.2) is 22.4 Å². The molecule has 1 aliphatic rings. The molecule has 3 aromatic carbocycles. The van der Waals surface area contributed by atoms with Crippen LogP contribution in [0.1, 0.15) is 15.9 Å². The average Bonchev–Trinajstić information content (AvgIpc) is 3.20. The van der Waals surface area contributed by atoms with E-state index < -0.39 is 5.91 Å². The number of nitrogens with zero attached hydrogens (tertiary/aromatic N) is 3. The number of aromatic nitrogens is 2. The molecule has 1 aromatic heterocycles. The number of carbonyl (C=O) groups is 1. The second kappa shape index (κ2) is 7.46. The van der Waals surface area contributed by atoms with Crippen molar-refractivity contribution in [3.63, 3.8) is 0 Å². The summed E-state index contributed by atoms with van der Waals surface area (Å²) >= 11 is 0. The molecule has 5 rings (SSSR count). The lowest BCUT2D eigenvalue weighted by atomic mass is 10.1. The summed E-state index contributed by atoms with van der Waals surface area (Å²) in [6, 6.07) is 22.6. The van der Waals surface area contributed by atoms with E-state index in [2.05, 4.69) is 17.0 Å². The Balaban J connectivity index is 1.58. The minimum absolute atomic E-state index is 0.375. The van der Waals surface area contributed by atoms with Crippen LogP contribution in [0.5, 0.6) is 11.5 Å². The first-order valence-corrected chi connectivity index (χ1v) is 9.74. The van der Waals surface area contributed by atoms with Crippen molar-refractivity contribution in [2.45, 2.75) is 6.54 Å². The lowest BCUT2D eigenvalue weighted by Crippen LogP contribution is -2.17. The van der Waals surface area contributed by atoms with Crippen molar-refractivity contribution in [2.75, 3.05) is 11.1 Å². The molecule has 0 unspecified atom stereocenters. The van der Waals surface area contributed by atoms with Crippen molar-refractivity contribution in [1.82, 2.24) is 9.78 Å². The van der Waals surface area contributed by atoms with Crippen LogP contribution in [0.2, 0.25) is 0 Å². The van der Waals surface area contributed by atoms with Crippen LogP contribution in [0.4, 0.5) is 11.5 Å². The van der Waals surface area contributed by atoms with Gasteiger partial charge in [0, 0.05) is 17.8 Å². The van der Waals surface area contributed by atoms with E-state index in [1.807, 2.05) is 72.8 Å². The zero-order valence-electron chi connectivity index (χ0n) is 16.6. The first-order valence-electron chi connectivity index (χ1n) is 9.74. The van der Waals surface area contributed by atoms with Crippen LogP contribution in [0.15, 0.2) is 77.8 Å². The van der Waals surface area contributed by atoms with Gasteiger partial charge in [0.05, 0.1) is 5.69 Å². The number of anilines is 2. The average molecular weight is 409 g/mol. The molecule has 7 heteroatoms. The van der Waals surface area contributed by atoms with Gasteiger partial charge in [-0.3, -0.25) is 4.79 Å². The first-order chi connectivity index (χ1) is 15.1. The fourth-order valence-electron chi connectivity index (χ4n) is 3.65. The molecular formula is C24H19N5O2. The number of rotatable bonds is 4. The van der Waals surface area contributed by atoms with E-state index in [9.17, 15) is 4.79 Å². The minimum atomic E-state index is -0.444. The van der Waals surface area contributed by atoms with Gasteiger partial charge in [0.15, 0.2) is 0 Å². The molecule has 0 spiro atoms. The van der Waals surface area contributed by atoms with E-state index in [1.165, 1.54) is 0 Å². The summed E-state index contributed by atoms with van der Waals surface area (Å²) in [5.74, 6) is 1.57. The summed E-state index contributed by atoms with van der Waals surface area (Å²) in [6.45, 7) is 3.97. The zero-order chi connectivity index (χ0) is 21.4. The Morgan fingerprint density at radius 1 is 1.06 bits per heavy atom. The van der Waals surface area contributed by atoms with Gasteiger partial charge in [-0.05, 0) is 60.8 Å². The number of aliphatic imine (C=N–C) groups is 1. The second-order valence-corrected chi connectivity index (χ2v) is 7.13. The van der Waals surface area contributed by atoms with Crippen LogP contribution < -0.4 is 15.8 Å². The van der Waals surface area contributed by atoms with Gasteiger partial charge in [-0.1, -0.05) is 24.3 Å². The number of nitrogens with two attached hydrogens (primary N) is 1. The number of nitrogen functional groups attached to an aromatic ring is 1. The van der Waals surface area contributed by atoms with Gasteiger partial charge in [0.1, 0.15) is 28.6 Å². The first kappa shape index (κ1) is 18.6. The molecule has 31 heavy (non-hydrogen) atoms. The number of ether oxygens (including phenoxy) is 1. The Morgan fingerprint density at radius 2 is 1.81 bits per heavy atom. The van der Waals surface area contributed by atoms with Crippen LogP contribution >= 0.6 is 0 Å². The number of fused-ring (bicyclic) bond motifs is 3. The maximum atomic E-state index is 12.7. The number of amides is 1. The maximum Gasteiger partial charge on any atom is 0.282 e. The second-order valence-electron chi connectivity index (χ2n) is 7.13. The van der Waals surface area contributed by atoms with Gasteiger partial charge in [0.2, 0.25) is 0 Å².